The van der Waals surface area contributed by atoms with Crippen molar-refractivity contribution in [3.05, 3.63) is 51.5 Å². The lowest BCUT2D eigenvalue weighted by atomic mass is 10.1. The van der Waals surface area contributed by atoms with E-state index in [0.717, 1.165) is 23.1 Å². The fourth-order valence-corrected chi connectivity index (χ4v) is 2.49. The molecule has 8 heteroatoms. The van der Waals surface area contributed by atoms with Crippen LogP contribution in [0.3, 0.4) is 0 Å². The number of aryl methyl sites for hydroxylation is 1. The maximum atomic E-state index is 12.7. The first-order valence-corrected chi connectivity index (χ1v) is 7.23. The number of rotatable bonds is 3. The van der Waals surface area contributed by atoms with Crippen LogP contribution in [-0.4, -0.2) is 10.9 Å². The Morgan fingerprint density at radius 1 is 1.41 bits per heavy atom. The molecule has 1 aromatic heterocycles. The molecule has 1 aromatic carbocycles. The molecular formula is C14H10ClF3N2OS. The Labute approximate surface area is 133 Å². The number of hydrogen-bond acceptors (Lipinski definition) is 3. The first kappa shape index (κ1) is 16.5. The molecule has 0 radical (unpaired) electrons. The van der Waals surface area contributed by atoms with E-state index in [9.17, 15) is 18.0 Å². The average Bonchev–Trinajstić information content (AvgIpc) is 2.82. The highest BCUT2D eigenvalue weighted by Gasteiger charge is 2.33. The second-order valence-corrected chi connectivity index (χ2v) is 5.98. The minimum Gasteiger partial charge on any atom is -0.298 e. The molecule has 0 fully saturated rings. The van der Waals surface area contributed by atoms with Crippen molar-refractivity contribution in [3.8, 4) is 0 Å². The van der Waals surface area contributed by atoms with Crippen LogP contribution in [-0.2, 0) is 11.0 Å². The standard InChI is InChI=1S/C14H10ClF3N2OS/c1-8-7-19-13(22-8)20-12(21)5-3-9-2-4-11(15)10(6-9)14(16,17)18/h2-7H,1H3,(H,19,20,21)/b5-3+. The van der Waals surface area contributed by atoms with Gasteiger partial charge in [0.25, 0.3) is 0 Å². The third-order valence-electron chi connectivity index (χ3n) is 2.57. The molecule has 0 aliphatic rings. The number of thiazole rings is 1. The monoisotopic (exact) mass is 346 g/mol. The molecule has 3 nitrogen and oxygen atoms in total. The third-order valence-corrected chi connectivity index (χ3v) is 3.73. The van der Waals surface area contributed by atoms with Crippen molar-refractivity contribution in [1.82, 2.24) is 4.98 Å². The molecule has 0 saturated carbocycles. The summed E-state index contributed by atoms with van der Waals surface area (Å²) in [6.45, 7) is 1.84. The maximum absolute atomic E-state index is 12.7. The Kier molecular flexibility index (Phi) is 4.87. The van der Waals surface area contributed by atoms with Crippen molar-refractivity contribution in [2.45, 2.75) is 13.1 Å². The highest BCUT2D eigenvalue weighted by atomic mass is 35.5. The predicted molar refractivity (Wildman–Crippen MR) is 81.0 cm³/mol. The first-order valence-electron chi connectivity index (χ1n) is 6.04. The zero-order valence-corrected chi connectivity index (χ0v) is 12.8. The Balaban J connectivity index is 2.11. The Hall–Kier alpha value is -1.86. The Morgan fingerprint density at radius 2 is 2.14 bits per heavy atom. The Morgan fingerprint density at radius 3 is 2.73 bits per heavy atom. The number of carbonyl (C=O) groups is 1. The second kappa shape index (κ2) is 6.50. The van der Waals surface area contributed by atoms with E-state index < -0.39 is 17.6 Å². The number of benzene rings is 1. The van der Waals surface area contributed by atoms with Gasteiger partial charge >= 0.3 is 6.18 Å². The summed E-state index contributed by atoms with van der Waals surface area (Å²) in [5, 5.41) is 2.57. The topological polar surface area (TPSA) is 42.0 Å². The molecule has 0 aliphatic heterocycles. The normalized spacial score (nSPS) is 11.9. The molecule has 0 atom stereocenters. The number of aromatic nitrogens is 1. The van der Waals surface area contributed by atoms with Crippen LogP contribution in [0.5, 0.6) is 0 Å². The lowest BCUT2D eigenvalue weighted by molar-refractivity contribution is -0.137. The zero-order valence-electron chi connectivity index (χ0n) is 11.2. The number of anilines is 1. The van der Waals surface area contributed by atoms with Crippen LogP contribution < -0.4 is 5.32 Å². The van der Waals surface area contributed by atoms with Gasteiger partial charge in [0.05, 0.1) is 10.6 Å². The van der Waals surface area contributed by atoms with E-state index in [1.54, 1.807) is 6.20 Å². The number of amides is 1. The third kappa shape index (κ3) is 4.32. The number of nitrogens with one attached hydrogen (secondary N) is 1. The summed E-state index contributed by atoms with van der Waals surface area (Å²) in [7, 11) is 0. The van der Waals surface area contributed by atoms with E-state index in [4.69, 9.17) is 11.6 Å². The maximum Gasteiger partial charge on any atom is 0.417 e. The second-order valence-electron chi connectivity index (χ2n) is 4.34. The molecular weight excluding hydrogens is 337 g/mol. The van der Waals surface area contributed by atoms with Crippen molar-refractivity contribution in [3.63, 3.8) is 0 Å². The van der Waals surface area contributed by atoms with Gasteiger partial charge in [-0.3, -0.25) is 10.1 Å². The van der Waals surface area contributed by atoms with E-state index >= 15 is 0 Å². The highest BCUT2D eigenvalue weighted by Crippen LogP contribution is 2.35. The van der Waals surface area contributed by atoms with Crippen molar-refractivity contribution >= 4 is 40.1 Å². The summed E-state index contributed by atoms with van der Waals surface area (Å²) in [6.07, 6.45) is -0.512. The fraction of sp³-hybridized carbons (Fsp3) is 0.143. The van der Waals surface area contributed by atoms with Crippen molar-refractivity contribution < 1.29 is 18.0 Å². The molecule has 1 amide bonds. The van der Waals surface area contributed by atoms with Gasteiger partial charge in [-0.25, -0.2) is 4.98 Å². The molecule has 2 rings (SSSR count). The smallest absolute Gasteiger partial charge is 0.298 e. The summed E-state index contributed by atoms with van der Waals surface area (Å²) in [4.78, 5) is 16.6. The van der Waals surface area contributed by atoms with Gasteiger partial charge in [0.2, 0.25) is 5.91 Å². The van der Waals surface area contributed by atoms with Gasteiger partial charge < -0.3 is 0 Å². The van der Waals surface area contributed by atoms with Crippen molar-refractivity contribution in [2.75, 3.05) is 5.32 Å². The van der Waals surface area contributed by atoms with E-state index in [1.165, 1.54) is 23.5 Å². The van der Waals surface area contributed by atoms with Crippen LogP contribution >= 0.6 is 22.9 Å². The van der Waals surface area contributed by atoms with Gasteiger partial charge in [-0.15, -0.1) is 11.3 Å². The van der Waals surface area contributed by atoms with Gasteiger partial charge in [0, 0.05) is 17.2 Å². The Bertz CT molecular complexity index is 725. The molecule has 0 unspecified atom stereocenters. The summed E-state index contributed by atoms with van der Waals surface area (Å²) in [5.41, 5.74) is -0.713. The number of carbonyl (C=O) groups excluding carboxylic acids is 1. The number of alkyl halides is 3. The molecule has 0 spiro atoms. The predicted octanol–water partition coefficient (Wildman–Crippen LogP) is 4.78. The van der Waals surface area contributed by atoms with Gasteiger partial charge in [-0.05, 0) is 30.7 Å². The van der Waals surface area contributed by atoms with Gasteiger partial charge in [-0.1, -0.05) is 17.7 Å². The minimum atomic E-state index is -4.54. The average molecular weight is 347 g/mol. The molecule has 0 saturated heterocycles. The first-order chi connectivity index (χ1) is 10.3. The van der Waals surface area contributed by atoms with Crippen LogP contribution in [0, 0.1) is 6.92 Å². The molecule has 1 N–H and O–H groups in total. The largest absolute Gasteiger partial charge is 0.417 e. The molecule has 22 heavy (non-hydrogen) atoms. The molecule has 1 heterocycles. The zero-order chi connectivity index (χ0) is 16.3. The van der Waals surface area contributed by atoms with Crippen molar-refractivity contribution in [2.24, 2.45) is 0 Å². The van der Waals surface area contributed by atoms with Gasteiger partial charge in [0.1, 0.15) is 0 Å². The van der Waals surface area contributed by atoms with Crippen molar-refractivity contribution in [1.29, 1.82) is 0 Å². The summed E-state index contributed by atoms with van der Waals surface area (Å²) in [6, 6.07) is 3.43. The van der Waals surface area contributed by atoms with Crippen LogP contribution in [0.15, 0.2) is 30.5 Å². The molecule has 0 bridgehead atoms. The lowest BCUT2D eigenvalue weighted by Gasteiger charge is -2.09. The quantitative estimate of drug-likeness (QED) is 0.813. The van der Waals surface area contributed by atoms with E-state index in [-0.39, 0.29) is 10.6 Å². The molecule has 2 aromatic rings. The molecule has 0 aliphatic carbocycles. The summed E-state index contributed by atoms with van der Waals surface area (Å²) >= 11 is 6.83. The van der Waals surface area contributed by atoms with Gasteiger partial charge in [-0.2, -0.15) is 13.2 Å². The molecule has 116 valence electrons. The lowest BCUT2D eigenvalue weighted by Crippen LogP contribution is -2.07. The van der Waals surface area contributed by atoms with Crippen LogP contribution in [0.2, 0.25) is 5.02 Å². The van der Waals surface area contributed by atoms with E-state index in [0.29, 0.717) is 5.13 Å². The SMILES string of the molecule is Cc1cnc(NC(=O)/C=C/c2ccc(Cl)c(C(F)(F)F)c2)s1. The van der Waals surface area contributed by atoms with Crippen LogP contribution in [0.4, 0.5) is 18.3 Å². The minimum absolute atomic E-state index is 0.224. The number of halogens is 4. The van der Waals surface area contributed by atoms with Gasteiger partial charge in [0.15, 0.2) is 5.13 Å². The van der Waals surface area contributed by atoms with E-state index in [2.05, 4.69) is 10.3 Å². The fourth-order valence-electron chi connectivity index (χ4n) is 1.60. The highest BCUT2D eigenvalue weighted by molar-refractivity contribution is 7.15. The summed E-state index contributed by atoms with van der Waals surface area (Å²) < 4.78 is 38.2. The van der Waals surface area contributed by atoms with Crippen LogP contribution in [0.1, 0.15) is 16.0 Å². The number of hydrogen-bond donors (Lipinski definition) is 1. The number of nitrogens with zero attached hydrogens (tertiary/aromatic N) is 1. The summed E-state index contributed by atoms with van der Waals surface area (Å²) in [5.74, 6) is -0.474. The van der Waals surface area contributed by atoms with E-state index in [1.807, 2.05) is 6.92 Å². The van der Waals surface area contributed by atoms with Crippen LogP contribution in [0.25, 0.3) is 6.08 Å².